The highest BCUT2D eigenvalue weighted by molar-refractivity contribution is 5.80. The van der Waals surface area contributed by atoms with Crippen LogP contribution in [0.5, 0.6) is 0 Å². The van der Waals surface area contributed by atoms with E-state index in [0.717, 1.165) is 16.7 Å². The van der Waals surface area contributed by atoms with Gasteiger partial charge in [0.25, 0.3) is 0 Å². The summed E-state index contributed by atoms with van der Waals surface area (Å²) in [5, 5.41) is 19.1. The summed E-state index contributed by atoms with van der Waals surface area (Å²) in [5.74, 6) is 0. The van der Waals surface area contributed by atoms with Gasteiger partial charge in [0.1, 0.15) is 12.3 Å². The van der Waals surface area contributed by atoms with Crippen LogP contribution < -0.4 is 0 Å². The van der Waals surface area contributed by atoms with Crippen LogP contribution in [0.15, 0.2) is 29.5 Å². The van der Waals surface area contributed by atoms with Gasteiger partial charge in [-0.25, -0.2) is 9.98 Å². The number of hydrogen-bond acceptors (Lipinski definition) is 5. The first-order chi connectivity index (χ1) is 10.6. The third-order valence-corrected chi connectivity index (χ3v) is 3.69. The van der Waals surface area contributed by atoms with Crippen LogP contribution in [0.1, 0.15) is 12.6 Å². The average molecular weight is 304 g/mol. The number of hydrogen-bond donors (Lipinski definition) is 2. The molecule has 118 valence electrons. The Morgan fingerprint density at radius 2 is 2.32 bits per heavy atom. The van der Waals surface area contributed by atoms with Crippen molar-refractivity contribution in [3.63, 3.8) is 0 Å². The Morgan fingerprint density at radius 3 is 3.00 bits per heavy atom. The standard InChI is InChI=1S/C15H20N4O3/c1-18(2)8-16-10-3-4-11-12(5-10)19(9-17-11)15-6-13(21)14(7-20)22-15/h3-5,8-9,13-15,20-21H,6-7H2,1-2H3/t13-,14+,15+/m0/s1. The third-order valence-electron chi connectivity index (χ3n) is 3.69. The lowest BCUT2D eigenvalue weighted by molar-refractivity contribution is -0.0430. The summed E-state index contributed by atoms with van der Waals surface area (Å²) in [7, 11) is 3.82. The smallest absolute Gasteiger partial charge is 0.138 e. The largest absolute Gasteiger partial charge is 0.394 e. The van der Waals surface area contributed by atoms with E-state index in [-0.39, 0.29) is 12.8 Å². The molecule has 1 aliphatic heterocycles. The first-order valence-corrected chi connectivity index (χ1v) is 7.20. The van der Waals surface area contributed by atoms with Crippen LogP contribution in [0.25, 0.3) is 11.0 Å². The van der Waals surface area contributed by atoms with Gasteiger partial charge in [-0.3, -0.25) is 0 Å². The Labute approximate surface area is 128 Å². The SMILES string of the molecule is CN(C)C=Nc1ccc2ncn([C@H]3C[C@H](O)[C@@H](CO)O3)c2c1. The van der Waals surface area contributed by atoms with Gasteiger partial charge in [-0.15, -0.1) is 0 Å². The first-order valence-electron chi connectivity index (χ1n) is 7.20. The fourth-order valence-corrected chi connectivity index (χ4v) is 2.56. The summed E-state index contributed by atoms with van der Waals surface area (Å²) in [6.45, 7) is -0.192. The number of fused-ring (bicyclic) bond motifs is 1. The molecule has 0 spiro atoms. The molecule has 1 aromatic carbocycles. The molecule has 0 bridgehead atoms. The molecule has 22 heavy (non-hydrogen) atoms. The molecule has 3 atom stereocenters. The summed E-state index contributed by atoms with van der Waals surface area (Å²) >= 11 is 0. The van der Waals surface area contributed by atoms with E-state index >= 15 is 0 Å². The van der Waals surface area contributed by atoms with Crippen molar-refractivity contribution in [2.45, 2.75) is 24.9 Å². The van der Waals surface area contributed by atoms with Gasteiger partial charge in [-0.1, -0.05) is 0 Å². The summed E-state index contributed by atoms with van der Waals surface area (Å²) in [6, 6.07) is 5.74. The molecule has 1 aliphatic rings. The van der Waals surface area contributed by atoms with E-state index in [1.54, 1.807) is 12.7 Å². The summed E-state index contributed by atoms with van der Waals surface area (Å²) in [6.07, 6.45) is 2.33. The van der Waals surface area contributed by atoms with Gasteiger partial charge in [0, 0.05) is 20.5 Å². The highest BCUT2D eigenvalue weighted by Crippen LogP contribution is 2.32. The molecule has 0 aliphatic carbocycles. The van der Waals surface area contributed by atoms with Gasteiger partial charge in [0.15, 0.2) is 0 Å². The maximum absolute atomic E-state index is 9.88. The molecule has 7 nitrogen and oxygen atoms in total. The van der Waals surface area contributed by atoms with E-state index in [1.165, 1.54) is 0 Å². The zero-order chi connectivity index (χ0) is 15.7. The monoisotopic (exact) mass is 304 g/mol. The predicted octanol–water partition coefficient (Wildman–Crippen LogP) is 0.898. The van der Waals surface area contributed by atoms with Crippen molar-refractivity contribution in [2.75, 3.05) is 20.7 Å². The number of rotatable bonds is 4. The number of imidazole rings is 1. The molecule has 7 heteroatoms. The summed E-state index contributed by atoms with van der Waals surface area (Å²) < 4.78 is 7.57. The van der Waals surface area contributed by atoms with Crippen molar-refractivity contribution in [3.8, 4) is 0 Å². The quantitative estimate of drug-likeness (QED) is 0.648. The highest BCUT2D eigenvalue weighted by atomic mass is 16.5. The van der Waals surface area contributed by atoms with E-state index in [2.05, 4.69) is 9.98 Å². The number of aromatic nitrogens is 2. The predicted molar refractivity (Wildman–Crippen MR) is 83.2 cm³/mol. The zero-order valence-electron chi connectivity index (χ0n) is 12.6. The molecule has 0 amide bonds. The van der Waals surface area contributed by atoms with E-state index in [1.807, 2.05) is 41.8 Å². The third kappa shape index (κ3) is 2.83. The number of aliphatic hydroxyl groups is 2. The van der Waals surface area contributed by atoms with Gasteiger partial charge in [-0.2, -0.15) is 0 Å². The number of ether oxygens (including phenoxy) is 1. The molecule has 1 saturated heterocycles. The Morgan fingerprint density at radius 1 is 1.50 bits per heavy atom. The Bertz CT molecular complexity index is 682. The minimum atomic E-state index is -0.664. The second kappa shape index (κ2) is 6.04. The molecule has 2 N–H and O–H groups in total. The molecular formula is C15H20N4O3. The number of aliphatic imine (C=N–C) groups is 1. The lowest BCUT2D eigenvalue weighted by Gasteiger charge is -2.14. The highest BCUT2D eigenvalue weighted by Gasteiger charge is 2.34. The van der Waals surface area contributed by atoms with E-state index in [0.29, 0.717) is 6.42 Å². The molecule has 2 aromatic rings. The van der Waals surface area contributed by atoms with Crippen LogP contribution in [0.2, 0.25) is 0 Å². The molecule has 0 unspecified atom stereocenters. The maximum atomic E-state index is 9.88. The van der Waals surface area contributed by atoms with Crippen molar-refractivity contribution in [2.24, 2.45) is 4.99 Å². The fraction of sp³-hybridized carbons (Fsp3) is 0.467. The molecule has 3 rings (SSSR count). The van der Waals surface area contributed by atoms with E-state index < -0.39 is 12.2 Å². The van der Waals surface area contributed by atoms with Crippen LogP contribution >= 0.6 is 0 Å². The second-order valence-corrected chi connectivity index (χ2v) is 5.65. The van der Waals surface area contributed by atoms with Crippen LogP contribution in [0.4, 0.5) is 5.69 Å². The van der Waals surface area contributed by atoms with Gasteiger partial charge in [0.2, 0.25) is 0 Å². The lowest BCUT2D eigenvalue weighted by atomic mass is 10.2. The average Bonchev–Trinajstić information content (AvgIpc) is 3.07. The van der Waals surface area contributed by atoms with Crippen LogP contribution in [0, 0.1) is 0 Å². The molecule has 1 aromatic heterocycles. The molecule has 1 fully saturated rings. The topological polar surface area (TPSA) is 83.1 Å². The summed E-state index contributed by atoms with van der Waals surface area (Å²) in [5.41, 5.74) is 2.55. The van der Waals surface area contributed by atoms with Crippen LogP contribution in [-0.4, -0.2) is 63.9 Å². The van der Waals surface area contributed by atoms with Crippen LogP contribution in [0.3, 0.4) is 0 Å². The van der Waals surface area contributed by atoms with Gasteiger partial charge >= 0.3 is 0 Å². The lowest BCUT2D eigenvalue weighted by Crippen LogP contribution is -2.24. The maximum Gasteiger partial charge on any atom is 0.138 e. The summed E-state index contributed by atoms with van der Waals surface area (Å²) in [4.78, 5) is 10.6. The van der Waals surface area contributed by atoms with Gasteiger partial charge < -0.3 is 24.4 Å². The van der Waals surface area contributed by atoms with Crippen molar-refractivity contribution < 1.29 is 14.9 Å². The molecule has 0 radical (unpaired) electrons. The first kappa shape index (κ1) is 15.0. The van der Waals surface area contributed by atoms with Crippen molar-refractivity contribution in [1.82, 2.24) is 14.5 Å². The second-order valence-electron chi connectivity index (χ2n) is 5.65. The fourth-order valence-electron chi connectivity index (χ4n) is 2.56. The number of aliphatic hydroxyl groups excluding tert-OH is 2. The minimum Gasteiger partial charge on any atom is -0.394 e. The molecule has 2 heterocycles. The Kier molecular flexibility index (Phi) is 4.10. The Balaban J connectivity index is 1.92. The van der Waals surface area contributed by atoms with Crippen molar-refractivity contribution in [1.29, 1.82) is 0 Å². The van der Waals surface area contributed by atoms with Crippen LogP contribution in [-0.2, 0) is 4.74 Å². The normalized spacial score (nSPS) is 25.4. The van der Waals surface area contributed by atoms with E-state index in [4.69, 9.17) is 4.74 Å². The Hall–Kier alpha value is -1.96. The van der Waals surface area contributed by atoms with E-state index in [9.17, 15) is 10.2 Å². The van der Waals surface area contributed by atoms with Crippen molar-refractivity contribution >= 4 is 23.1 Å². The molecular weight excluding hydrogens is 284 g/mol. The number of nitrogens with zero attached hydrogens (tertiary/aromatic N) is 4. The van der Waals surface area contributed by atoms with Crippen molar-refractivity contribution in [3.05, 3.63) is 24.5 Å². The molecule has 0 saturated carbocycles. The number of benzene rings is 1. The van der Waals surface area contributed by atoms with Gasteiger partial charge in [0.05, 0.1) is 42.1 Å². The zero-order valence-corrected chi connectivity index (χ0v) is 12.6. The van der Waals surface area contributed by atoms with Gasteiger partial charge in [-0.05, 0) is 18.2 Å². The minimum absolute atomic E-state index is 0.192.